The molecule has 1 amide bonds. The Balaban J connectivity index is 1.72. The quantitative estimate of drug-likeness (QED) is 0.248. The number of thiophene rings is 1. The minimum Gasteiger partial charge on any atom is -0.507 e. The molecule has 1 saturated heterocycles. The van der Waals surface area contributed by atoms with E-state index in [9.17, 15) is 14.7 Å². The number of hydrogen-bond acceptors (Lipinski definition) is 6. The third kappa shape index (κ3) is 3.02. The number of fused-ring (bicyclic) bond motifs is 1. The van der Waals surface area contributed by atoms with Crippen LogP contribution in [0.4, 0.5) is 5.13 Å². The van der Waals surface area contributed by atoms with Crippen molar-refractivity contribution in [2.75, 3.05) is 4.90 Å². The second-order valence-corrected chi connectivity index (χ2v) is 9.08. The van der Waals surface area contributed by atoms with Crippen LogP contribution in [0.15, 0.2) is 71.6 Å². The Kier molecular flexibility index (Phi) is 4.66. The highest BCUT2D eigenvalue weighted by Crippen LogP contribution is 2.45. The van der Waals surface area contributed by atoms with Crippen LogP contribution in [0, 0.1) is 0 Å². The summed E-state index contributed by atoms with van der Waals surface area (Å²) in [4.78, 5) is 32.8. The number of aromatic nitrogens is 1. The zero-order chi connectivity index (χ0) is 20.8. The molecule has 0 bridgehead atoms. The van der Waals surface area contributed by atoms with Gasteiger partial charge in [0, 0.05) is 15.5 Å². The zero-order valence-electron chi connectivity index (χ0n) is 15.3. The molecule has 1 aliphatic rings. The molecular formula is C22H13ClN2O3S2. The maximum atomic E-state index is 13.1. The number of carbonyl (C=O) groups excluding carboxylic acids is 2. The Bertz CT molecular complexity index is 1310. The first-order valence-electron chi connectivity index (χ1n) is 9.00. The molecule has 4 aromatic rings. The third-order valence-corrected chi connectivity index (χ3v) is 7.03. The van der Waals surface area contributed by atoms with E-state index in [-0.39, 0.29) is 11.3 Å². The van der Waals surface area contributed by atoms with E-state index in [0.717, 1.165) is 9.58 Å². The molecule has 1 unspecified atom stereocenters. The van der Waals surface area contributed by atoms with Crippen LogP contribution in [0.25, 0.3) is 16.0 Å². The maximum Gasteiger partial charge on any atom is 0.301 e. The minimum atomic E-state index is -0.749. The second-order valence-electron chi connectivity index (χ2n) is 6.66. The summed E-state index contributed by atoms with van der Waals surface area (Å²) in [6.45, 7) is 0. The van der Waals surface area contributed by atoms with Crippen molar-refractivity contribution in [1.29, 1.82) is 0 Å². The zero-order valence-corrected chi connectivity index (χ0v) is 17.7. The average molecular weight is 453 g/mol. The Hall–Kier alpha value is -3.00. The number of rotatable bonds is 3. The number of ketones is 1. The molecule has 0 radical (unpaired) electrons. The van der Waals surface area contributed by atoms with Gasteiger partial charge in [-0.25, -0.2) is 4.98 Å². The fourth-order valence-corrected chi connectivity index (χ4v) is 5.58. The highest BCUT2D eigenvalue weighted by atomic mass is 35.5. The number of benzene rings is 2. The Morgan fingerprint density at radius 3 is 2.60 bits per heavy atom. The summed E-state index contributed by atoms with van der Waals surface area (Å²) in [5, 5.41) is 13.8. The SMILES string of the molecule is O=C1C(=O)N(c2nc3ccc(Cl)cc3s2)C(c2cccs2)C1=C(O)c1ccccc1. The van der Waals surface area contributed by atoms with Crippen LogP contribution in [0.3, 0.4) is 0 Å². The van der Waals surface area contributed by atoms with Gasteiger partial charge in [0.1, 0.15) is 11.8 Å². The number of halogens is 1. The van der Waals surface area contributed by atoms with Crippen molar-refractivity contribution in [2.24, 2.45) is 0 Å². The van der Waals surface area contributed by atoms with Crippen LogP contribution >= 0.6 is 34.3 Å². The molecule has 0 saturated carbocycles. The lowest BCUT2D eigenvalue weighted by molar-refractivity contribution is -0.132. The van der Waals surface area contributed by atoms with E-state index in [2.05, 4.69) is 4.98 Å². The van der Waals surface area contributed by atoms with Gasteiger partial charge in [-0.3, -0.25) is 14.5 Å². The summed E-state index contributed by atoms with van der Waals surface area (Å²) in [5.41, 5.74) is 1.23. The number of aliphatic hydroxyl groups excluding tert-OH is 1. The molecule has 1 fully saturated rings. The van der Waals surface area contributed by atoms with E-state index < -0.39 is 17.7 Å². The monoisotopic (exact) mass is 452 g/mol. The molecule has 1 atom stereocenters. The second kappa shape index (κ2) is 7.36. The van der Waals surface area contributed by atoms with Crippen molar-refractivity contribution < 1.29 is 14.7 Å². The Morgan fingerprint density at radius 1 is 1.07 bits per heavy atom. The number of anilines is 1. The largest absolute Gasteiger partial charge is 0.507 e. The molecule has 5 nitrogen and oxygen atoms in total. The third-order valence-electron chi connectivity index (χ3n) is 4.85. The van der Waals surface area contributed by atoms with E-state index in [1.165, 1.54) is 27.6 Å². The van der Waals surface area contributed by atoms with Crippen molar-refractivity contribution in [3.8, 4) is 0 Å². The number of Topliss-reactive ketones (excluding diaryl/α,β-unsaturated/α-hetero) is 1. The van der Waals surface area contributed by atoms with E-state index in [1.807, 2.05) is 23.6 Å². The van der Waals surface area contributed by atoms with Crippen LogP contribution in [-0.4, -0.2) is 21.8 Å². The molecule has 30 heavy (non-hydrogen) atoms. The summed E-state index contributed by atoms with van der Waals surface area (Å²) >= 11 is 8.78. The van der Waals surface area contributed by atoms with Crippen molar-refractivity contribution in [2.45, 2.75) is 6.04 Å². The van der Waals surface area contributed by atoms with Crippen LogP contribution in [-0.2, 0) is 9.59 Å². The van der Waals surface area contributed by atoms with Gasteiger partial charge in [-0.1, -0.05) is 59.3 Å². The fourth-order valence-electron chi connectivity index (χ4n) is 3.49. The maximum absolute atomic E-state index is 13.1. The topological polar surface area (TPSA) is 70.5 Å². The van der Waals surface area contributed by atoms with Gasteiger partial charge in [-0.2, -0.15) is 0 Å². The van der Waals surface area contributed by atoms with Gasteiger partial charge in [0.15, 0.2) is 5.13 Å². The van der Waals surface area contributed by atoms with Crippen molar-refractivity contribution in [1.82, 2.24) is 4.98 Å². The number of aliphatic hydroxyl groups is 1. The number of thiazole rings is 1. The van der Waals surface area contributed by atoms with Gasteiger partial charge in [-0.15, -0.1) is 11.3 Å². The van der Waals surface area contributed by atoms with Crippen molar-refractivity contribution >= 4 is 67.1 Å². The van der Waals surface area contributed by atoms with E-state index in [1.54, 1.807) is 42.5 Å². The summed E-state index contributed by atoms with van der Waals surface area (Å²) in [6, 6.07) is 17.0. The first kappa shape index (κ1) is 19.0. The summed E-state index contributed by atoms with van der Waals surface area (Å²) in [7, 11) is 0. The molecule has 2 aromatic carbocycles. The molecule has 5 rings (SSSR count). The molecule has 0 spiro atoms. The molecule has 2 aromatic heterocycles. The lowest BCUT2D eigenvalue weighted by Gasteiger charge is -2.21. The summed E-state index contributed by atoms with van der Waals surface area (Å²) < 4.78 is 0.812. The molecular weight excluding hydrogens is 440 g/mol. The van der Waals surface area contributed by atoms with Gasteiger partial charge in [0.2, 0.25) is 0 Å². The first-order valence-corrected chi connectivity index (χ1v) is 11.1. The normalized spacial score (nSPS) is 18.4. The fraction of sp³-hybridized carbons (Fsp3) is 0.0455. The number of amides is 1. The van der Waals surface area contributed by atoms with Crippen molar-refractivity contribution in [3.05, 3.63) is 87.1 Å². The highest BCUT2D eigenvalue weighted by molar-refractivity contribution is 7.22. The smallest absolute Gasteiger partial charge is 0.301 e. The standard InChI is InChI=1S/C22H13ClN2O3S2/c23-13-8-9-14-16(11-13)30-22(24-14)25-18(15-7-4-10-29-15)17(20(27)21(25)28)19(26)12-5-2-1-3-6-12/h1-11,18,26H. The van der Waals surface area contributed by atoms with Crippen LogP contribution in [0.5, 0.6) is 0 Å². The first-order chi connectivity index (χ1) is 14.5. The predicted molar refractivity (Wildman–Crippen MR) is 120 cm³/mol. The molecule has 8 heteroatoms. The lowest BCUT2D eigenvalue weighted by atomic mass is 10.00. The summed E-state index contributed by atoms with van der Waals surface area (Å²) in [6.07, 6.45) is 0. The average Bonchev–Trinajstić information content (AvgIpc) is 3.47. The van der Waals surface area contributed by atoms with Gasteiger partial charge in [0.25, 0.3) is 5.78 Å². The van der Waals surface area contributed by atoms with Crippen LogP contribution in [0.2, 0.25) is 5.02 Å². The van der Waals surface area contributed by atoms with Gasteiger partial charge in [-0.05, 0) is 29.6 Å². The van der Waals surface area contributed by atoms with Crippen LogP contribution < -0.4 is 4.90 Å². The molecule has 0 aliphatic carbocycles. The molecule has 148 valence electrons. The van der Waals surface area contributed by atoms with Gasteiger partial charge < -0.3 is 5.11 Å². The highest BCUT2D eigenvalue weighted by Gasteiger charge is 2.48. The van der Waals surface area contributed by atoms with Gasteiger partial charge in [0.05, 0.1) is 15.8 Å². The Labute approximate surface area is 184 Å². The van der Waals surface area contributed by atoms with E-state index in [4.69, 9.17) is 11.6 Å². The van der Waals surface area contributed by atoms with Crippen molar-refractivity contribution in [3.63, 3.8) is 0 Å². The molecule has 1 aliphatic heterocycles. The Morgan fingerprint density at radius 2 is 1.87 bits per heavy atom. The van der Waals surface area contributed by atoms with Gasteiger partial charge >= 0.3 is 5.91 Å². The number of hydrogen-bond donors (Lipinski definition) is 1. The molecule has 3 heterocycles. The number of carbonyl (C=O) groups is 2. The summed E-state index contributed by atoms with van der Waals surface area (Å²) in [5.74, 6) is -1.64. The van der Waals surface area contributed by atoms with E-state index >= 15 is 0 Å². The van der Waals surface area contributed by atoms with E-state index in [0.29, 0.717) is 21.2 Å². The lowest BCUT2D eigenvalue weighted by Crippen LogP contribution is -2.28. The molecule has 1 N–H and O–H groups in total. The number of nitrogens with zero attached hydrogens (tertiary/aromatic N) is 2. The van der Waals surface area contributed by atoms with Crippen LogP contribution in [0.1, 0.15) is 16.5 Å². The minimum absolute atomic E-state index is 0.0611. The predicted octanol–water partition coefficient (Wildman–Crippen LogP) is 5.64.